The van der Waals surface area contributed by atoms with Gasteiger partial charge in [-0.05, 0) is 63.5 Å². The van der Waals surface area contributed by atoms with Gasteiger partial charge in [-0.3, -0.25) is 9.59 Å². The van der Waals surface area contributed by atoms with Crippen molar-refractivity contribution in [3.8, 4) is 0 Å². The SMILES string of the molecule is CC1(C)C(=O)C=C[C@@]2(C)C1=C(O)C(=O)[C@]1(C)[C@@H]2CC[C@@]2(C)[C@H](C3=CC(=O)OC3O)C[C@H]3O[C@]321. The number of esters is 1. The van der Waals surface area contributed by atoms with Crippen molar-refractivity contribution in [3.05, 3.63) is 35.1 Å². The van der Waals surface area contributed by atoms with Crippen LogP contribution in [-0.2, 0) is 23.9 Å². The van der Waals surface area contributed by atoms with Gasteiger partial charge < -0.3 is 19.7 Å². The first kappa shape index (κ1) is 21.3. The number of Topliss-reactive ketones (excluding diaryl/α,β-unsaturated/α-hetero) is 1. The molecule has 7 nitrogen and oxygen atoms in total. The zero-order chi connectivity index (χ0) is 23.9. The van der Waals surface area contributed by atoms with Gasteiger partial charge in [0.05, 0.1) is 16.9 Å². The number of hydrogen-bond acceptors (Lipinski definition) is 7. The number of ketones is 2. The van der Waals surface area contributed by atoms with Crippen molar-refractivity contribution in [2.45, 2.75) is 71.9 Å². The topological polar surface area (TPSA) is 113 Å². The molecule has 4 aliphatic carbocycles. The molecule has 2 aliphatic heterocycles. The number of aliphatic hydroxyl groups is 2. The molecular weight excluding hydrogens is 424 g/mol. The zero-order valence-electron chi connectivity index (χ0n) is 19.6. The summed E-state index contributed by atoms with van der Waals surface area (Å²) in [5.74, 6) is -1.67. The van der Waals surface area contributed by atoms with Crippen LogP contribution >= 0.6 is 0 Å². The van der Waals surface area contributed by atoms with E-state index in [1.54, 1.807) is 19.9 Å². The lowest BCUT2D eigenvalue weighted by Crippen LogP contribution is -2.66. The van der Waals surface area contributed by atoms with Crippen LogP contribution in [0.25, 0.3) is 0 Å². The van der Waals surface area contributed by atoms with Crippen molar-refractivity contribution in [3.63, 3.8) is 0 Å². The van der Waals surface area contributed by atoms with Crippen LogP contribution in [0.4, 0.5) is 0 Å². The van der Waals surface area contributed by atoms with Crippen LogP contribution in [0.15, 0.2) is 35.1 Å². The summed E-state index contributed by atoms with van der Waals surface area (Å²) in [7, 11) is 0. The predicted octanol–water partition coefficient (Wildman–Crippen LogP) is 2.93. The van der Waals surface area contributed by atoms with E-state index in [4.69, 9.17) is 9.47 Å². The number of cyclic esters (lactones) is 1. The van der Waals surface area contributed by atoms with Crippen LogP contribution in [0.3, 0.4) is 0 Å². The largest absolute Gasteiger partial charge is 0.504 e. The Kier molecular flexibility index (Phi) is 3.67. The average molecular weight is 455 g/mol. The third-order valence-corrected chi connectivity index (χ3v) is 10.4. The standard InChI is InChI=1S/C26H30O7/c1-22(2)15(27)7-8-23(3)14-6-9-24(4)13(12-10-17(28)32-21(12)31)11-16-26(24,33-16)25(14,5)20(30)18(29)19(22)23/h7-8,10,13-14,16,21,29,31H,6,9,11H2,1-5H3/t13-,14+,16+,21?,23+,24-,25-,26+/m0/s1. The summed E-state index contributed by atoms with van der Waals surface area (Å²) in [6.07, 6.45) is 5.37. The van der Waals surface area contributed by atoms with Gasteiger partial charge >= 0.3 is 5.97 Å². The molecule has 6 aliphatic rings. The van der Waals surface area contributed by atoms with Crippen molar-refractivity contribution in [2.75, 3.05) is 0 Å². The van der Waals surface area contributed by atoms with E-state index in [0.717, 1.165) is 6.42 Å². The van der Waals surface area contributed by atoms with Crippen molar-refractivity contribution in [2.24, 2.45) is 33.5 Å². The number of carbonyl (C=O) groups excluding carboxylic acids is 3. The first-order chi connectivity index (χ1) is 15.3. The minimum absolute atomic E-state index is 0.120. The maximum absolute atomic E-state index is 14.1. The van der Waals surface area contributed by atoms with Crippen LogP contribution in [-0.4, -0.2) is 45.7 Å². The lowest BCUT2D eigenvalue weighted by molar-refractivity contribution is -0.166. The van der Waals surface area contributed by atoms with Gasteiger partial charge in [-0.1, -0.05) is 19.9 Å². The third-order valence-electron chi connectivity index (χ3n) is 10.4. The van der Waals surface area contributed by atoms with E-state index in [1.807, 2.05) is 19.9 Å². The molecule has 3 fully saturated rings. The van der Waals surface area contributed by atoms with E-state index < -0.39 is 39.5 Å². The molecule has 0 amide bonds. The van der Waals surface area contributed by atoms with Crippen molar-refractivity contribution < 1.29 is 34.1 Å². The maximum Gasteiger partial charge on any atom is 0.333 e. The fraction of sp³-hybridized carbons (Fsp3) is 0.654. The first-order valence-electron chi connectivity index (χ1n) is 11.8. The van der Waals surface area contributed by atoms with Gasteiger partial charge in [0.2, 0.25) is 12.1 Å². The van der Waals surface area contributed by atoms with Gasteiger partial charge in [0.15, 0.2) is 11.5 Å². The number of rotatable bonds is 1. The monoisotopic (exact) mass is 454 g/mol. The van der Waals surface area contributed by atoms with E-state index in [9.17, 15) is 24.6 Å². The molecule has 0 aromatic carbocycles. The van der Waals surface area contributed by atoms with Crippen LogP contribution < -0.4 is 0 Å². The van der Waals surface area contributed by atoms with E-state index in [-0.39, 0.29) is 35.3 Å². The van der Waals surface area contributed by atoms with Crippen molar-refractivity contribution >= 4 is 17.5 Å². The van der Waals surface area contributed by atoms with Gasteiger partial charge in [0.1, 0.15) is 5.60 Å². The van der Waals surface area contributed by atoms with Gasteiger partial charge in [0, 0.05) is 22.5 Å². The molecule has 1 unspecified atom stereocenters. The highest BCUT2D eigenvalue weighted by Gasteiger charge is 2.87. The highest BCUT2D eigenvalue weighted by atomic mass is 16.6. The summed E-state index contributed by atoms with van der Waals surface area (Å²) in [5.41, 5.74) is -2.93. The van der Waals surface area contributed by atoms with Gasteiger partial charge in [-0.2, -0.15) is 0 Å². The number of epoxide rings is 1. The van der Waals surface area contributed by atoms with E-state index in [2.05, 4.69) is 6.92 Å². The van der Waals surface area contributed by atoms with Gasteiger partial charge in [0.25, 0.3) is 0 Å². The third kappa shape index (κ3) is 2.01. The summed E-state index contributed by atoms with van der Waals surface area (Å²) < 4.78 is 11.4. The fourth-order valence-electron chi connectivity index (χ4n) is 9.00. The first-order valence-corrected chi connectivity index (χ1v) is 11.8. The quantitative estimate of drug-likeness (QED) is 0.463. The molecule has 2 heterocycles. The van der Waals surface area contributed by atoms with E-state index in [1.165, 1.54) is 6.08 Å². The Morgan fingerprint density at radius 2 is 1.79 bits per heavy atom. The second-order valence-electron chi connectivity index (χ2n) is 11.9. The highest BCUT2D eigenvalue weighted by Crippen LogP contribution is 2.80. The lowest BCUT2D eigenvalue weighted by atomic mass is 9.39. The summed E-state index contributed by atoms with van der Waals surface area (Å²) in [6, 6.07) is 0. The Balaban J connectivity index is 1.53. The number of hydrogen-bond donors (Lipinski definition) is 2. The Morgan fingerprint density at radius 1 is 1.09 bits per heavy atom. The van der Waals surface area contributed by atoms with E-state index >= 15 is 0 Å². The Labute approximate surface area is 192 Å². The highest BCUT2D eigenvalue weighted by molar-refractivity contribution is 6.06. The molecule has 0 bridgehead atoms. The molecule has 176 valence electrons. The number of fused-ring (bicyclic) bond motifs is 3. The van der Waals surface area contributed by atoms with Gasteiger partial charge in [-0.15, -0.1) is 0 Å². The fourth-order valence-corrected chi connectivity index (χ4v) is 9.00. The van der Waals surface area contributed by atoms with Crippen molar-refractivity contribution in [1.29, 1.82) is 0 Å². The lowest BCUT2D eigenvalue weighted by Gasteiger charge is -2.62. The Morgan fingerprint density at radius 3 is 2.42 bits per heavy atom. The molecule has 1 spiro atoms. The smallest absolute Gasteiger partial charge is 0.333 e. The predicted molar refractivity (Wildman–Crippen MR) is 116 cm³/mol. The summed E-state index contributed by atoms with van der Waals surface area (Å²) >= 11 is 0. The number of ether oxygens (including phenoxy) is 2. The number of aliphatic hydroxyl groups excluding tert-OH is 2. The summed E-state index contributed by atoms with van der Waals surface area (Å²) in [5, 5.41) is 21.7. The molecular formula is C26H30O7. The van der Waals surface area contributed by atoms with Crippen LogP contribution in [0, 0.1) is 33.5 Å². The molecule has 1 saturated heterocycles. The molecule has 0 aromatic heterocycles. The average Bonchev–Trinajstić information content (AvgIpc) is 3.28. The van der Waals surface area contributed by atoms with Gasteiger partial charge in [-0.25, -0.2) is 4.79 Å². The maximum atomic E-state index is 14.1. The minimum Gasteiger partial charge on any atom is -0.504 e. The number of allylic oxidation sites excluding steroid dienone is 4. The Hall–Kier alpha value is -2.25. The summed E-state index contributed by atoms with van der Waals surface area (Å²) in [6.45, 7) is 9.57. The van der Waals surface area contributed by atoms with Crippen LogP contribution in [0.1, 0.15) is 53.9 Å². The second kappa shape index (κ2) is 5.69. The zero-order valence-corrected chi connectivity index (χ0v) is 19.6. The summed E-state index contributed by atoms with van der Waals surface area (Å²) in [4.78, 5) is 38.6. The molecule has 2 N–H and O–H groups in total. The van der Waals surface area contributed by atoms with Crippen molar-refractivity contribution in [1.82, 2.24) is 0 Å². The van der Waals surface area contributed by atoms with Crippen LogP contribution in [0.5, 0.6) is 0 Å². The normalized spacial score (nSPS) is 51.5. The molecule has 0 radical (unpaired) electrons. The van der Waals surface area contributed by atoms with Crippen LogP contribution in [0.2, 0.25) is 0 Å². The molecule has 8 atom stereocenters. The number of carbonyl (C=O) groups is 3. The Bertz CT molecular complexity index is 1140. The molecule has 7 heteroatoms. The minimum atomic E-state index is -1.27. The molecule has 0 aromatic rings. The second-order valence-corrected chi connectivity index (χ2v) is 11.9. The molecule has 6 rings (SSSR count). The molecule has 33 heavy (non-hydrogen) atoms. The van der Waals surface area contributed by atoms with E-state index in [0.29, 0.717) is 24.0 Å². The molecule has 2 saturated carbocycles.